The number of benzene rings is 2. The minimum Gasteiger partial charge on any atom is -0.467 e. The summed E-state index contributed by atoms with van der Waals surface area (Å²) < 4.78 is 52.4. The van der Waals surface area contributed by atoms with E-state index in [9.17, 15) is 17.6 Å². The summed E-state index contributed by atoms with van der Waals surface area (Å²) in [6.07, 6.45) is 3.01. The lowest BCUT2D eigenvalue weighted by atomic mass is 10.2. The van der Waals surface area contributed by atoms with Gasteiger partial charge in [0.05, 0.1) is 36.2 Å². The molecule has 0 spiro atoms. The Morgan fingerprint density at radius 2 is 1.53 bits per heavy atom. The van der Waals surface area contributed by atoms with Crippen LogP contribution < -0.4 is 4.72 Å². The number of para-hydroxylation sites is 1. The maximum atomic E-state index is 13.9. The molecule has 1 N–H and O–H groups in total. The van der Waals surface area contributed by atoms with E-state index in [0.29, 0.717) is 11.5 Å². The highest BCUT2D eigenvalue weighted by molar-refractivity contribution is 7.92. The summed E-state index contributed by atoms with van der Waals surface area (Å²) >= 11 is 0. The Morgan fingerprint density at radius 1 is 0.875 bits per heavy atom. The smallest absolute Gasteiger partial charge is 0.262 e. The van der Waals surface area contributed by atoms with Crippen LogP contribution in [0.3, 0.4) is 0 Å². The fourth-order valence-corrected chi connectivity index (χ4v) is 4.22. The van der Waals surface area contributed by atoms with Crippen molar-refractivity contribution in [2.24, 2.45) is 0 Å². The Balaban J connectivity index is 1.61. The van der Waals surface area contributed by atoms with Crippen LogP contribution in [0, 0.1) is 5.82 Å². The van der Waals surface area contributed by atoms with Gasteiger partial charge in [0.15, 0.2) is 0 Å². The highest BCUT2D eigenvalue weighted by Crippen LogP contribution is 2.21. The molecule has 1 amide bonds. The number of furan rings is 2. The van der Waals surface area contributed by atoms with E-state index in [1.54, 1.807) is 24.3 Å². The molecule has 2 aromatic carbocycles. The normalized spacial score (nSPS) is 11.3. The predicted octanol–water partition coefficient (Wildman–Crippen LogP) is 4.66. The van der Waals surface area contributed by atoms with Gasteiger partial charge < -0.3 is 13.7 Å². The summed E-state index contributed by atoms with van der Waals surface area (Å²) in [5.74, 6) is 0.0110. The second kappa shape index (κ2) is 9.11. The van der Waals surface area contributed by atoms with Gasteiger partial charge in [0.25, 0.3) is 15.9 Å². The molecule has 4 rings (SSSR count). The molecule has 0 saturated heterocycles. The molecule has 0 unspecified atom stereocenters. The van der Waals surface area contributed by atoms with E-state index in [1.165, 1.54) is 59.9 Å². The standard InChI is InChI=1S/C23H19FN2O5S/c24-21-10-1-2-11-22(21)25-32(28,29)20-9-3-6-17(14-20)23(27)26(15-18-7-4-12-30-18)16-19-8-5-13-31-19/h1-14,25H,15-16H2. The van der Waals surface area contributed by atoms with Crippen LogP contribution >= 0.6 is 0 Å². The minimum atomic E-state index is -4.12. The molecule has 0 atom stereocenters. The van der Waals surface area contributed by atoms with Crippen molar-refractivity contribution in [3.63, 3.8) is 0 Å². The van der Waals surface area contributed by atoms with Gasteiger partial charge in [-0.15, -0.1) is 0 Å². The van der Waals surface area contributed by atoms with Crippen molar-refractivity contribution in [2.45, 2.75) is 18.0 Å². The van der Waals surface area contributed by atoms with Gasteiger partial charge in [0, 0.05) is 5.56 Å². The number of nitrogens with one attached hydrogen (secondary N) is 1. The summed E-state index contributed by atoms with van der Waals surface area (Å²) in [6, 6.07) is 17.9. The van der Waals surface area contributed by atoms with E-state index in [4.69, 9.17) is 8.83 Å². The third-order valence-electron chi connectivity index (χ3n) is 4.65. The molecule has 2 heterocycles. The molecule has 0 aliphatic heterocycles. The zero-order valence-electron chi connectivity index (χ0n) is 16.8. The van der Waals surface area contributed by atoms with Crippen LogP contribution in [0.5, 0.6) is 0 Å². The van der Waals surface area contributed by atoms with Crippen LogP contribution in [0.1, 0.15) is 21.9 Å². The van der Waals surface area contributed by atoms with Crippen LogP contribution in [0.4, 0.5) is 10.1 Å². The highest BCUT2D eigenvalue weighted by atomic mass is 32.2. The zero-order valence-corrected chi connectivity index (χ0v) is 17.6. The molecule has 9 heteroatoms. The summed E-state index contributed by atoms with van der Waals surface area (Å²) in [4.78, 5) is 14.6. The number of anilines is 1. The molecule has 7 nitrogen and oxygen atoms in total. The number of amides is 1. The number of rotatable bonds is 8. The van der Waals surface area contributed by atoms with Crippen molar-refractivity contribution in [1.29, 1.82) is 0 Å². The molecule has 4 aromatic rings. The van der Waals surface area contributed by atoms with Crippen molar-refractivity contribution in [2.75, 3.05) is 4.72 Å². The number of hydrogen-bond acceptors (Lipinski definition) is 5. The lowest BCUT2D eigenvalue weighted by Gasteiger charge is -2.21. The quantitative estimate of drug-likeness (QED) is 0.418. The average molecular weight is 454 g/mol. The summed E-state index contributed by atoms with van der Waals surface area (Å²) in [5, 5.41) is 0. The SMILES string of the molecule is O=C(c1cccc(S(=O)(=O)Nc2ccccc2F)c1)N(Cc1ccco1)Cc1ccco1. The maximum absolute atomic E-state index is 13.9. The number of hydrogen-bond donors (Lipinski definition) is 1. The van der Waals surface area contributed by atoms with Gasteiger partial charge in [-0.3, -0.25) is 9.52 Å². The molecule has 0 aliphatic carbocycles. The predicted molar refractivity (Wildman–Crippen MR) is 115 cm³/mol. The number of sulfonamides is 1. The van der Waals surface area contributed by atoms with Gasteiger partial charge in [0.2, 0.25) is 0 Å². The van der Waals surface area contributed by atoms with Gasteiger partial charge in [-0.25, -0.2) is 12.8 Å². The lowest BCUT2D eigenvalue weighted by molar-refractivity contribution is 0.0704. The molecule has 2 aromatic heterocycles. The Hall–Kier alpha value is -3.85. The van der Waals surface area contributed by atoms with Crippen LogP contribution in [0.2, 0.25) is 0 Å². The van der Waals surface area contributed by atoms with Crippen molar-refractivity contribution in [3.8, 4) is 0 Å². The Bertz CT molecular complexity index is 1270. The van der Waals surface area contributed by atoms with E-state index < -0.39 is 21.7 Å². The highest BCUT2D eigenvalue weighted by Gasteiger charge is 2.22. The average Bonchev–Trinajstić information content (AvgIpc) is 3.49. The Kier molecular flexibility index (Phi) is 6.09. The van der Waals surface area contributed by atoms with E-state index in [2.05, 4.69) is 4.72 Å². The van der Waals surface area contributed by atoms with Crippen LogP contribution in [0.15, 0.2) is 99.1 Å². The first-order chi connectivity index (χ1) is 15.4. The van der Waals surface area contributed by atoms with Crippen LogP contribution in [-0.2, 0) is 23.1 Å². The number of carbonyl (C=O) groups is 1. The zero-order chi connectivity index (χ0) is 22.6. The second-order valence-electron chi connectivity index (χ2n) is 6.93. The number of carbonyl (C=O) groups excluding carboxylic acids is 1. The first-order valence-corrected chi connectivity index (χ1v) is 11.1. The monoisotopic (exact) mass is 454 g/mol. The van der Waals surface area contributed by atoms with E-state index >= 15 is 0 Å². The number of halogens is 1. The largest absolute Gasteiger partial charge is 0.467 e. The molecule has 0 fully saturated rings. The molecule has 0 saturated carbocycles. The first kappa shape index (κ1) is 21.4. The second-order valence-corrected chi connectivity index (χ2v) is 8.62. The lowest BCUT2D eigenvalue weighted by Crippen LogP contribution is -2.30. The molecular weight excluding hydrogens is 435 g/mol. The van der Waals surface area contributed by atoms with E-state index in [1.807, 2.05) is 0 Å². The minimum absolute atomic E-state index is 0.152. The Morgan fingerprint density at radius 3 is 2.12 bits per heavy atom. The fraction of sp³-hybridized carbons (Fsp3) is 0.0870. The molecule has 164 valence electrons. The number of nitrogens with zero attached hydrogens (tertiary/aromatic N) is 1. The van der Waals surface area contributed by atoms with E-state index in [0.717, 1.165) is 6.07 Å². The van der Waals surface area contributed by atoms with Gasteiger partial charge in [-0.1, -0.05) is 18.2 Å². The summed E-state index contributed by atoms with van der Waals surface area (Å²) in [6.45, 7) is 0.327. The molecule has 0 radical (unpaired) electrons. The maximum Gasteiger partial charge on any atom is 0.262 e. The first-order valence-electron chi connectivity index (χ1n) is 9.64. The van der Waals surface area contributed by atoms with Gasteiger partial charge >= 0.3 is 0 Å². The van der Waals surface area contributed by atoms with Crippen molar-refractivity contribution < 1.29 is 26.4 Å². The van der Waals surface area contributed by atoms with Crippen molar-refractivity contribution in [1.82, 2.24) is 4.90 Å². The third kappa shape index (κ3) is 4.89. The van der Waals surface area contributed by atoms with Crippen LogP contribution in [0.25, 0.3) is 0 Å². The van der Waals surface area contributed by atoms with Crippen LogP contribution in [-0.4, -0.2) is 19.2 Å². The molecule has 0 bridgehead atoms. The Labute approximate surface area is 184 Å². The topological polar surface area (TPSA) is 92.8 Å². The fourth-order valence-electron chi connectivity index (χ4n) is 3.11. The van der Waals surface area contributed by atoms with Gasteiger partial charge in [-0.2, -0.15) is 0 Å². The molecule has 32 heavy (non-hydrogen) atoms. The van der Waals surface area contributed by atoms with Crippen molar-refractivity contribution >= 4 is 21.6 Å². The molecular formula is C23H19FN2O5S. The van der Waals surface area contributed by atoms with E-state index in [-0.39, 0.29) is 29.2 Å². The summed E-state index contributed by atoms with van der Waals surface area (Å²) in [7, 11) is -4.12. The summed E-state index contributed by atoms with van der Waals surface area (Å²) in [5.41, 5.74) is -0.0268. The van der Waals surface area contributed by atoms with Gasteiger partial charge in [0.1, 0.15) is 17.3 Å². The molecule has 0 aliphatic rings. The van der Waals surface area contributed by atoms with Crippen molar-refractivity contribution in [3.05, 3.63) is 108 Å². The van der Waals surface area contributed by atoms with Gasteiger partial charge in [-0.05, 0) is 54.6 Å². The third-order valence-corrected chi connectivity index (χ3v) is 6.01.